The van der Waals surface area contributed by atoms with Gasteiger partial charge in [-0.1, -0.05) is 26.1 Å². The van der Waals surface area contributed by atoms with E-state index in [1.54, 1.807) is 6.33 Å². The summed E-state index contributed by atoms with van der Waals surface area (Å²) >= 11 is 5.07. The molecule has 15 heavy (non-hydrogen) atoms. The Kier molecular flexibility index (Phi) is 3.05. The van der Waals surface area contributed by atoms with Crippen LogP contribution in [-0.4, -0.2) is 23.1 Å². The van der Waals surface area contributed by atoms with Crippen molar-refractivity contribution in [1.82, 2.24) is 9.97 Å². The van der Waals surface area contributed by atoms with Crippen LogP contribution < -0.4 is 4.90 Å². The Morgan fingerprint density at radius 2 is 2.07 bits per heavy atom. The maximum Gasteiger partial charge on any atom is 0.131 e. The van der Waals surface area contributed by atoms with Gasteiger partial charge in [-0.15, -0.1) is 0 Å². The van der Waals surface area contributed by atoms with Crippen LogP contribution in [-0.2, 0) is 0 Å². The van der Waals surface area contributed by atoms with Crippen LogP contribution in [0.1, 0.15) is 20.3 Å². The molecule has 3 nitrogen and oxygen atoms in total. The second kappa shape index (κ2) is 4.31. The smallest absolute Gasteiger partial charge is 0.131 e. The number of aromatic amines is 1. The summed E-state index contributed by atoms with van der Waals surface area (Å²) in [4.78, 5) is 9.54. The van der Waals surface area contributed by atoms with Crippen molar-refractivity contribution in [2.45, 2.75) is 20.3 Å². The van der Waals surface area contributed by atoms with Crippen molar-refractivity contribution in [3.05, 3.63) is 17.0 Å². The zero-order valence-corrected chi connectivity index (χ0v) is 10.0. The minimum absolute atomic E-state index is 0.662. The molecule has 1 N–H and O–H groups in total. The molecule has 0 aromatic carbocycles. The molecule has 2 rings (SSSR count). The van der Waals surface area contributed by atoms with Gasteiger partial charge in [-0.25, -0.2) is 4.98 Å². The Morgan fingerprint density at radius 3 is 2.67 bits per heavy atom. The molecule has 0 saturated carbocycles. The summed E-state index contributed by atoms with van der Waals surface area (Å²) in [5.74, 6) is 2.61. The normalized spacial score (nSPS) is 26.7. The van der Waals surface area contributed by atoms with E-state index in [4.69, 9.17) is 12.2 Å². The first-order valence-electron chi connectivity index (χ1n) is 5.45. The first kappa shape index (κ1) is 10.6. The van der Waals surface area contributed by atoms with Crippen molar-refractivity contribution >= 4 is 18.0 Å². The Labute approximate surface area is 95.5 Å². The van der Waals surface area contributed by atoms with Gasteiger partial charge < -0.3 is 9.88 Å². The molecule has 1 aromatic heterocycles. The Bertz CT molecular complexity index is 377. The number of hydrogen-bond acceptors (Lipinski definition) is 3. The lowest BCUT2D eigenvalue weighted by atomic mass is 9.92. The van der Waals surface area contributed by atoms with Crippen LogP contribution >= 0.6 is 12.2 Å². The molecule has 0 radical (unpaired) electrons. The van der Waals surface area contributed by atoms with Crippen LogP contribution in [0.4, 0.5) is 5.82 Å². The highest BCUT2D eigenvalue weighted by molar-refractivity contribution is 7.71. The third-order valence-corrected chi connectivity index (χ3v) is 3.10. The summed E-state index contributed by atoms with van der Waals surface area (Å²) in [5.41, 5.74) is 0. The summed E-state index contributed by atoms with van der Waals surface area (Å²) < 4.78 is 0.662. The number of piperidine rings is 1. The van der Waals surface area contributed by atoms with Crippen LogP contribution in [0.15, 0.2) is 12.4 Å². The zero-order chi connectivity index (χ0) is 10.8. The Balaban J connectivity index is 2.19. The molecule has 1 aliphatic heterocycles. The molecule has 0 bridgehead atoms. The molecule has 2 unspecified atom stereocenters. The highest BCUT2D eigenvalue weighted by Gasteiger charge is 2.22. The van der Waals surface area contributed by atoms with Crippen molar-refractivity contribution in [2.75, 3.05) is 18.0 Å². The summed E-state index contributed by atoms with van der Waals surface area (Å²) in [6.07, 6.45) is 3.00. The largest absolute Gasteiger partial charge is 0.358 e. The van der Waals surface area contributed by atoms with Crippen LogP contribution in [0.25, 0.3) is 0 Å². The fourth-order valence-electron chi connectivity index (χ4n) is 2.40. The molecule has 1 saturated heterocycles. The Morgan fingerprint density at radius 1 is 1.40 bits per heavy atom. The van der Waals surface area contributed by atoms with Gasteiger partial charge >= 0.3 is 0 Å². The van der Waals surface area contributed by atoms with Crippen molar-refractivity contribution in [1.29, 1.82) is 0 Å². The second-order valence-corrected chi connectivity index (χ2v) is 5.04. The van der Waals surface area contributed by atoms with E-state index < -0.39 is 0 Å². The van der Waals surface area contributed by atoms with E-state index in [1.807, 2.05) is 6.07 Å². The van der Waals surface area contributed by atoms with Gasteiger partial charge in [-0.3, -0.25) is 0 Å². The minimum Gasteiger partial charge on any atom is -0.358 e. The number of hydrogen-bond donors (Lipinski definition) is 1. The summed E-state index contributed by atoms with van der Waals surface area (Å²) in [6.45, 7) is 6.83. The monoisotopic (exact) mass is 223 g/mol. The average molecular weight is 223 g/mol. The summed E-state index contributed by atoms with van der Waals surface area (Å²) in [6, 6.07) is 1.94. The quantitative estimate of drug-likeness (QED) is 0.743. The van der Waals surface area contributed by atoms with E-state index in [0.717, 1.165) is 30.7 Å². The van der Waals surface area contributed by atoms with Crippen molar-refractivity contribution in [3.8, 4) is 0 Å². The lowest BCUT2D eigenvalue weighted by Gasteiger charge is -2.36. The molecule has 4 heteroatoms. The van der Waals surface area contributed by atoms with Crippen LogP contribution in [0.3, 0.4) is 0 Å². The van der Waals surface area contributed by atoms with Gasteiger partial charge in [-0.2, -0.15) is 0 Å². The highest BCUT2D eigenvalue weighted by atomic mass is 32.1. The average Bonchev–Trinajstić information content (AvgIpc) is 2.16. The first-order valence-corrected chi connectivity index (χ1v) is 5.85. The maximum atomic E-state index is 5.07. The van der Waals surface area contributed by atoms with Gasteiger partial charge in [0, 0.05) is 19.2 Å². The van der Waals surface area contributed by atoms with Gasteiger partial charge in [0.05, 0.1) is 6.33 Å². The number of nitrogens with one attached hydrogen (secondary N) is 1. The predicted molar refractivity (Wildman–Crippen MR) is 64.6 cm³/mol. The van der Waals surface area contributed by atoms with Gasteiger partial charge in [0.15, 0.2) is 0 Å². The molecule has 2 heterocycles. The molecule has 0 spiro atoms. The Hall–Kier alpha value is -0.900. The highest BCUT2D eigenvalue weighted by Crippen LogP contribution is 2.24. The lowest BCUT2D eigenvalue weighted by molar-refractivity contribution is 0.355. The van der Waals surface area contributed by atoms with Gasteiger partial charge in [0.2, 0.25) is 0 Å². The SMILES string of the molecule is CC1CC(C)CN(c2cc(=S)nc[nH]2)C1. The van der Waals surface area contributed by atoms with E-state index in [0.29, 0.717) is 4.64 Å². The maximum absolute atomic E-state index is 5.07. The van der Waals surface area contributed by atoms with E-state index in [9.17, 15) is 0 Å². The number of H-pyrrole nitrogens is 1. The van der Waals surface area contributed by atoms with Crippen LogP contribution in [0.2, 0.25) is 0 Å². The third-order valence-electron chi connectivity index (χ3n) is 2.87. The van der Waals surface area contributed by atoms with E-state index in [1.165, 1.54) is 6.42 Å². The first-order chi connectivity index (χ1) is 7.15. The van der Waals surface area contributed by atoms with Gasteiger partial charge in [0.1, 0.15) is 10.5 Å². The molecule has 1 aliphatic rings. The summed E-state index contributed by atoms with van der Waals surface area (Å²) in [5, 5.41) is 0. The van der Waals surface area contributed by atoms with E-state index >= 15 is 0 Å². The zero-order valence-electron chi connectivity index (χ0n) is 9.23. The number of anilines is 1. The molecular formula is C11H17N3S. The molecule has 1 aromatic rings. The van der Waals surface area contributed by atoms with Gasteiger partial charge in [-0.05, 0) is 18.3 Å². The molecular weight excluding hydrogens is 206 g/mol. The van der Waals surface area contributed by atoms with Crippen LogP contribution in [0.5, 0.6) is 0 Å². The summed E-state index contributed by atoms with van der Waals surface area (Å²) in [7, 11) is 0. The number of nitrogens with zero attached hydrogens (tertiary/aromatic N) is 2. The topological polar surface area (TPSA) is 31.9 Å². The fourth-order valence-corrected chi connectivity index (χ4v) is 2.56. The van der Waals surface area contributed by atoms with Crippen molar-refractivity contribution in [3.63, 3.8) is 0 Å². The standard InChI is InChI=1S/C11H17N3S/c1-8-3-9(2)6-14(5-8)10-4-11(15)13-7-12-10/h4,7-9H,3,5-6H2,1-2H3,(H,12,13,15). The predicted octanol–water partition coefficient (Wildman–Crippen LogP) is 2.62. The van der Waals surface area contributed by atoms with Crippen molar-refractivity contribution in [2.24, 2.45) is 11.8 Å². The number of rotatable bonds is 1. The lowest BCUT2D eigenvalue weighted by Crippen LogP contribution is -2.39. The molecule has 2 atom stereocenters. The second-order valence-electron chi connectivity index (χ2n) is 4.62. The fraction of sp³-hybridized carbons (Fsp3) is 0.636. The molecule has 82 valence electrons. The number of aromatic nitrogens is 2. The molecule has 0 aliphatic carbocycles. The van der Waals surface area contributed by atoms with Gasteiger partial charge in [0.25, 0.3) is 0 Å². The van der Waals surface area contributed by atoms with E-state index in [2.05, 4.69) is 28.7 Å². The van der Waals surface area contributed by atoms with Crippen LogP contribution in [0, 0.1) is 16.5 Å². The molecule has 0 amide bonds. The molecule has 1 fully saturated rings. The van der Waals surface area contributed by atoms with E-state index in [-0.39, 0.29) is 0 Å². The third kappa shape index (κ3) is 2.56. The minimum atomic E-state index is 0.662. The van der Waals surface area contributed by atoms with Crippen molar-refractivity contribution < 1.29 is 0 Å².